The van der Waals surface area contributed by atoms with Crippen molar-refractivity contribution >= 4 is 0 Å². The van der Waals surface area contributed by atoms with Gasteiger partial charge in [0.05, 0.1) is 18.1 Å². The van der Waals surface area contributed by atoms with Crippen LogP contribution in [0.15, 0.2) is 36.9 Å². The van der Waals surface area contributed by atoms with Crippen molar-refractivity contribution in [3.63, 3.8) is 0 Å². The lowest BCUT2D eigenvalue weighted by molar-refractivity contribution is -0.154. The maximum atomic E-state index is 12.0. The number of hydrogen-bond donors (Lipinski definition) is 0. The molecule has 0 aliphatic heterocycles. The summed E-state index contributed by atoms with van der Waals surface area (Å²) in [4.78, 5) is 11.6. The molecule has 0 unspecified atom stereocenters. The highest BCUT2D eigenvalue weighted by atomic mass is 19.4. The first kappa shape index (κ1) is 12.3. The van der Waals surface area contributed by atoms with Crippen molar-refractivity contribution in [3.05, 3.63) is 36.9 Å². The molecule has 94 valence electrons. The van der Waals surface area contributed by atoms with Crippen molar-refractivity contribution in [1.82, 2.24) is 15.0 Å². The normalized spacial score (nSPS) is 11.3. The van der Waals surface area contributed by atoms with Crippen LogP contribution in [0.1, 0.15) is 0 Å². The Morgan fingerprint density at radius 3 is 2.61 bits per heavy atom. The van der Waals surface area contributed by atoms with E-state index in [0.717, 1.165) is 6.20 Å². The first-order chi connectivity index (χ1) is 8.54. The quantitative estimate of drug-likeness (QED) is 0.845. The molecule has 0 amide bonds. The lowest BCUT2D eigenvalue weighted by Gasteiger charge is -2.08. The van der Waals surface area contributed by atoms with Gasteiger partial charge in [0.1, 0.15) is 0 Å². The number of ether oxygens (including phenoxy) is 1. The Labute approximate surface area is 100 Å². The average Bonchev–Trinajstić information content (AvgIpc) is 2.37. The predicted octanol–water partition coefficient (Wildman–Crippen LogP) is 2.48. The minimum Gasteiger partial charge on any atom is -0.467 e. The van der Waals surface area contributed by atoms with Gasteiger partial charge in [-0.3, -0.25) is 9.97 Å². The van der Waals surface area contributed by atoms with Crippen molar-refractivity contribution in [1.29, 1.82) is 0 Å². The SMILES string of the molecule is FC(F)(F)COc1cncc(-c2cccnc2)n1. The summed E-state index contributed by atoms with van der Waals surface area (Å²) < 4.78 is 40.5. The number of hydrogen-bond acceptors (Lipinski definition) is 4. The monoisotopic (exact) mass is 255 g/mol. The van der Waals surface area contributed by atoms with Crippen LogP contribution in [0.2, 0.25) is 0 Å². The Morgan fingerprint density at radius 1 is 1.11 bits per heavy atom. The van der Waals surface area contributed by atoms with Crippen LogP contribution in [-0.2, 0) is 0 Å². The van der Waals surface area contributed by atoms with Crippen molar-refractivity contribution in [3.8, 4) is 17.1 Å². The smallest absolute Gasteiger partial charge is 0.422 e. The Hall–Kier alpha value is -2.18. The molecule has 0 radical (unpaired) electrons. The second-order valence-electron chi connectivity index (χ2n) is 3.39. The highest BCUT2D eigenvalue weighted by Gasteiger charge is 2.28. The number of nitrogens with zero attached hydrogens (tertiary/aromatic N) is 3. The lowest BCUT2D eigenvalue weighted by Crippen LogP contribution is -2.19. The highest BCUT2D eigenvalue weighted by molar-refractivity contribution is 5.56. The summed E-state index contributed by atoms with van der Waals surface area (Å²) in [6.07, 6.45) is 1.29. The molecule has 0 saturated heterocycles. The summed E-state index contributed by atoms with van der Waals surface area (Å²) in [5.41, 5.74) is 1.06. The zero-order chi connectivity index (χ0) is 13.0. The fourth-order valence-corrected chi connectivity index (χ4v) is 1.23. The maximum absolute atomic E-state index is 12.0. The third-order valence-electron chi connectivity index (χ3n) is 1.95. The summed E-state index contributed by atoms with van der Waals surface area (Å²) in [6, 6.07) is 3.42. The topological polar surface area (TPSA) is 47.9 Å². The second-order valence-corrected chi connectivity index (χ2v) is 3.39. The molecular formula is C11H8F3N3O. The van der Waals surface area contributed by atoms with E-state index in [0.29, 0.717) is 11.3 Å². The Balaban J connectivity index is 2.16. The largest absolute Gasteiger partial charge is 0.467 e. The van der Waals surface area contributed by atoms with Gasteiger partial charge < -0.3 is 4.74 Å². The van der Waals surface area contributed by atoms with E-state index in [1.807, 2.05) is 0 Å². The van der Waals surface area contributed by atoms with Crippen molar-refractivity contribution in [2.24, 2.45) is 0 Å². The molecule has 0 bridgehead atoms. The van der Waals surface area contributed by atoms with Gasteiger partial charge in [0.15, 0.2) is 6.61 Å². The van der Waals surface area contributed by atoms with Crippen molar-refractivity contribution in [2.75, 3.05) is 6.61 Å². The third kappa shape index (κ3) is 3.41. The van der Waals surface area contributed by atoms with Gasteiger partial charge in [-0.2, -0.15) is 13.2 Å². The van der Waals surface area contributed by atoms with Crippen LogP contribution in [0, 0.1) is 0 Å². The molecule has 0 aliphatic carbocycles. The molecule has 4 nitrogen and oxygen atoms in total. The van der Waals surface area contributed by atoms with E-state index < -0.39 is 12.8 Å². The summed E-state index contributed by atoms with van der Waals surface area (Å²) in [7, 11) is 0. The predicted molar refractivity (Wildman–Crippen MR) is 56.8 cm³/mol. The molecule has 2 rings (SSSR count). The maximum Gasteiger partial charge on any atom is 0.422 e. The van der Waals surface area contributed by atoms with E-state index in [-0.39, 0.29) is 5.88 Å². The van der Waals surface area contributed by atoms with Gasteiger partial charge in [0.25, 0.3) is 0 Å². The Morgan fingerprint density at radius 2 is 1.94 bits per heavy atom. The van der Waals surface area contributed by atoms with Crippen molar-refractivity contribution < 1.29 is 17.9 Å². The van der Waals surface area contributed by atoms with Crippen LogP contribution >= 0.6 is 0 Å². The molecule has 0 atom stereocenters. The second kappa shape index (κ2) is 4.99. The lowest BCUT2D eigenvalue weighted by atomic mass is 10.2. The van der Waals surface area contributed by atoms with E-state index in [2.05, 4.69) is 19.7 Å². The minimum absolute atomic E-state index is 0.173. The van der Waals surface area contributed by atoms with Crippen LogP contribution in [0.3, 0.4) is 0 Å². The fourth-order valence-electron chi connectivity index (χ4n) is 1.23. The number of halogens is 3. The number of rotatable bonds is 3. The van der Waals surface area contributed by atoms with Gasteiger partial charge in [-0.25, -0.2) is 4.98 Å². The molecule has 0 N–H and O–H groups in total. The summed E-state index contributed by atoms with van der Waals surface area (Å²) in [5, 5.41) is 0. The summed E-state index contributed by atoms with van der Waals surface area (Å²) in [5.74, 6) is -0.173. The zero-order valence-electron chi connectivity index (χ0n) is 9.05. The van der Waals surface area contributed by atoms with Gasteiger partial charge >= 0.3 is 6.18 Å². The van der Waals surface area contributed by atoms with Crippen LogP contribution in [0.5, 0.6) is 5.88 Å². The number of pyridine rings is 1. The van der Waals surface area contributed by atoms with Gasteiger partial charge in [-0.1, -0.05) is 0 Å². The molecule has 0 fully saturated rings. The molecule has 2 heterocycles. The number of aromatic nitrogens is 3. The molecule has 0 saturated carbocycles. The van der Waals surface area contributed by atoms with Crippen LogP contribution in [0.4, 0.5) is 13.2 Å². The first-order valence-corrected chi connectivity index (χ1v) is 4.96. The average molecular weight is 255 g/mol. The Bertz CT molecular complexity index is 516. The summed E-state index contributed by atoms with van der Waals surface area (Å²) >= 11 is 0. The summed E-state index contributed by atoms with van der Waals surface area (Å²) in [6.45, 7) is -1.39. The molecule has 2 aromatic heterocycles. The van der Waals surface area contributed by atoms with E-state index in [9.17, 15) is 13.2 Å². The molecule has 0 aromatic carbocycles. The molecule has 0 aliphatic rings. The van der Waals surface area contributed by atoms with Crippen LogP contribution in [0.25, 0.3) is 11.3 Å². The van der Waals surface area contributed by atoms with Gasteiger partial charge in [-0.15, -0.1) is 0 Å². The fraction of sp³-hybridized carbons (Fsp3) is 0.182. The van der Waals surface area contributed by atoms with Gasteiger partial charge in [0, 0.05) is 18.0 Å². The number of alkyl halides is 3. The molecule has 7 heteroatoms. The molecule has 2 aromatic rings. The zero-order valence-corrected chi connectivity index (χ0v) is 9.05. The molecule has 18 heavy (non-hydrogen) atoms. The van der Waals surface area contributed by atoms with Gasteiger partial charge in [-0.05, 0) is 12.1 Å². The first-order valence-electron chi connectivity index (χ1n) is 4.96. The van der Waals surface area contributed by atoms with Gasteiger partial charge in [0.2, 0.25) is 5.88 Å². The van der Waals surface area contributed by atoms with E-state index in [4.69, 9.17) is 0 Å². The van der Waals surface area contributed by atoms with E-state index in [1.165, 1.54) is 12.4 Å². The third-order valence-corrected chi connectivity index (χ3v) is 1.95. The van der Waals surface area contributed by atoms with E-state index in [1.54, 1.807) is 18.3 Å². The van der Waals surface area contributed by atoms with Crippen molar-refractivity contribution in [2.45, 2.75) is 6.18 Å². The van der Waals surface area contributed by atoms with E-state index >= 15 is 0 Å². The highest BCUT2D eigenvalue weighted by Crippen LogP contribution is 2.19. The minimum atomic E-state index is -4.40. The molecule has 0 spiro atoms. The Kier molecular flexibility index (Phi) is 3.40. The van der Waals surface area contributed by atoms with Crippen LogP contribution in [-0.4, -0.2) is 27.7 Å². The standard InChI is InChI=1S/C11H8F3N3O/c12-11(13,14)7-18-10-6-16-5-9(17-10)8-2-1-3-15-4-8/h1-6H,7H2. The molecular weight excluding hydrogens is 247 g/mol. The van der Waals surface area contributed by atoms with Crippen LogP contribution < -0.4 is 4.74 Å².